The summed E-state index contributed by atoms with van der Waals surface area (Å²) in [5, 5.41) is 3.60. The molecule has 0 amide bonds. The van der Waals surface area contributed by atoms with Crippen LogP contribution in [-0.4, -0.2) is 22.9 Å². The van der Waals surface area contributed by atoms with Gasteiger partial charge in [0, 0.05) is 22.4 Å². The van der Waals surface area contributed by atoms with Crippen LogP contribution in [0.4, 0.5) is 0 Å². The second-order valence-corrected chi connectivity index (χ2v) is 8.84. The van der Waals surface area contributed by atoms with Crippen molar-refractivity contribution >= 4 is 10.8 Å². The number of hydrogen-bond acceptors (Lipinski definition) is 3. The van der Waals surface area contributed by atoms with E-state index in [9.17, 15) is 4.21 Å². The van der Waals surface area contributed by atoms with Gasteiger partial charge in [0.05, 0.1) is 10.8 Å². The molecule has 1 heterocycles. The van der Waals surface area contributed by atoms with Crippen LogP contribution in [0.1, 0.15) is 39.2 Å². The normalized spacial score (nSPS) is 18.9. The summed E-state index contributed by atoms with van der Waals surface area (Å²) in [6.07, 6.45) is 9.68. The van der Waals surface area contributed by atoms with Gasteiger partial charge < -0.3 is 10.1 Å². The lowest BCUT2D eigenvalue weighted by Crippen LogP contribution is -2.39. The van der Waals surface area contributed by atoms with Crippen LogP contribution in [0.15, 0.2) is 82.1 Å². The maximum Gasteiger partial charge on any atom is 0.124 e. The Balaban J connectivity index is 1.64. The number of fused-ring (bicyclic) bond motifs is 1. The standard InChI is InChI=1S/C25H31NO2S/c1-4-6-10-20(5-2)19(3)26-18-22-15-13-21-14-16-24(17-25(21)28-22)29(27)23-11-8-7-9-12-23/h5-12,14,16-17,19,22,26H,4,13,15,18H2,1-3H3/b10-6-,20-5+/t19?,22-,29?/m1/s1. The second kappa shape index (κ2) is 10.6. The zero-order valence-corrected chi connectivity index (χ0v) is 18.4. The summed E-state index contributed by atoms with van der Waals surface area (Å²) in [6.45, 7) is 7.21. The highest BCUT2D eigenvalue weighted by Gasteiger charge is 2.22. The number of rotatable bonds is 8. The van der Waals surface area contributed by atoms with Gasteiger partial charge in [-0.3, -0.25) is 0 Å². The fourth-order valence-corrected chi connectivity index (χ4v) is 4.60. The van der Waals surface area contributed by atoms with E-state index < -0.39 is 10.8 Å². The molecule has 2 unspecified atom stereocenters. The molecule has 3 nitrogen and oxygen atoms in total. The first-order chi connectivity index (χ1) is 14.1. The van der Waals surface area contributed by atoms with Gasteiger partial charge in [-0.2, -0.15) is 0 Å². The zero-order chi connectivity index (χ0) is 20.6. The van der Waals surface area contributed by atoms with E-state index in [-0.39, 0.29) is 12.1 Å². The maximum absolute atomic E-state index is 12.9. The fourth-order valence-electron chi connectivity index (χ4n) is 3.52. The molecule has 0 bridgehead atoms. The molecule has 0 saturated heterocycles. The van der Waals surface area contributed by atoms with Crippen LogP contribution in [-0.2, 0) is 17.2 Å². The topological polar surface area (TPSA) is 38.3 Å². The predicted octanol–water partition coefficient (Wildman–Crippen LogP) is 5.44. The van der Waals surface area contributed by atoms with E-state index in [0.29, 0.717) is 0 Å². The summed E-state index contributed by atoms with van der Waals surface area (Å²) >= 11 is 0. The molecule has 154 valence electrons. The van der Waals surface area contributed by atoms with Gasteiger partial charge in [0.1, 0.15) is 11.9 Å². The minimum absolute atomic E-state index is 0.124. The Morgan fingerprint density at radius 1 is 1.24 bits per heavy atom. The largest absolute Gasteiger partial charge is 0.489 e. The highest BCUT2D eigenvalue weighted by atomic mass is 32.2. The highest BCUT2D eigenvalue weighted by molar-refractivity contribution is 7.85. The molecule has 0 spiro atoms. The van der Waals surface area contributed by atoms with Gasteiger partial charge in [0.25, 0.3) is 0 Å². The van der Waals surface area contributed by atoms with Gasteiger partial charge in [-0.15, -0.1) is 0 Å². The van der Waals surface area contributed by atoms with Crippen molar-refractivity contribution in [1.82, 2.24) is 5.32 Å². The Morgan fingerprint density at radius 3 is 2.76 bits per heavy atom. The molecule has 0 fully saturated rings. The van der Waals surface area contributed by atoms with E-state index in [1.165, 1.54) is 11.1 Å². The summed E-state index contributed by atoms with van der Waals surface area (Å²) in [5.74, 6) is 0.870. The third-order valence-electron chi connectivity index (χ3n) is 5.27. The van der Waals surface area contributed by atoms with Crippen molar-refractivity contribution in [3.8, 4) is 5.75 Å². The van der Waals surface area contributed by atoms with Crippen LogP contribution >= 0.6 is 0 Å². The van der Waals surface area contributed by atoms with E-state index in [2.05, 4.69) is 50.4 Å². The molecule has 0 aromatic heterocycles. The molecule has 0 saturated carbocycles. The van der Waals surface area contributed by atoms with Crippen molar-refractivity contribution in [2.75, 3.05) is 6.54 Å². The van der Waals surface area contributed by atoms with Gasteiger partial charge in [0.15, 0.2) is 0 Å². The second-order valence-electron chi connectivity index (χ2n) is 7.36. The van der Waals surface area contributed by atoms with E-state index in [1.807, 2.05) is 42.5 Å². The van der Waals surface area contributed by atoms with Crippen molar-refractivity contribution in [1.29, 1.82) is 0 Å². The average molecular weight is 410 g/mol. The molecule has 2 aromatic carbocycles. The van der Waals surface area contributed by atoms with Crippen LogP contribution in [0.3, 0.4) is 0 Å². The Bertz CT molecular complexity index is 889. The third-order valence-corrected chi connectivity index (χ3v) is 6.65. The van der Waals surface area contributed by atoms with Gasteiger partial charge in [-0.25, -0.2) is 4.21 Å². The molecule has 2 aromatic rings. The lowest BCUT2D eigenvalue weighted by atomic mass is 10.0. The number of benzene rings is 2. The molecule has 3 atom stereocenters. The smallest absolute Gasteiger partial charge is 0.124 e. The summed E-state index contributed by atoms with van der Waals surface area (Å²) in [6, 6.07) is 15.8. The average Bonchev–Trinajstić information content (AvgIpc) is 2.77. The van der Waals surface area contributed by atoms with Crippen molar-refractivity contribution < 1.29 is 8.95 Å². The summed E-state index contributed by atoms with van der Waals surface area (Å²) in [5.41, 5.74) is 2.49. The predicted molar refractivity (Wildman–Crippen MR) is 121 cm³/mol. The first-order valence-electron chi connectivity index (χ1n) is 10.4. The Morgan fingerprint density at radius 2 is 2.03 bits per heavy atom. The van der Waals surface area contributed by atoms with Crippen LogP contribution < -0.4 is 10.1 Å². The SMILES string of the molecule is C/C=C(\C=C/CC)C(C)NC[C@H]1CCc2ccc(S(=O)c3ccccc3)cc2O1. The first-order valence-corrected chi connectivity index (χ1v) is 11.6. The number of allylic oxidation sites excluding steroid dienone is 2. The summed E-state index contributed by atoms with van der Waals surface area (Å²) < 4.78 is 19.1. The molecule has 4 heteroatoms. The fraction of sp³-hybridized carbons (Fsp3) is 0.360. The lowest BCUT2D eigenvalue weighted by Gasteiger charge is -2.28. The maximum atomic E-state index is 12.9. The van der Waals surface area contributed by atoms with E-state index >= 15 is 0 Å². The molecule has 0 aliphatic carbocycles. The van der Waals surface area contributed by atoms with E-state index in [4.69, 9.17) is 4.74 Å². The van der Waals surface area contributed by atoms with Gasteiger partial charge >= 0.3 is 0 Å². The molecule has 1 N–H and O–H groups in total. The quantitative estimate of drug-likeness (QED) is 0.590. The van der Waals surface area contributed by atoms with E-state index in [0.717, 1.165) is 41.3 Å². The lowest BCUT2D eigenvalue weighted by molar-refractivity contribution is 0.168. The number of hydrogen-bond donors (Lipinski definition) is 1. The van der Waals surface area contributed by atoms with Crippen LogP contribution in [0.25, 0.3) is 0 Å². The monoisotopic (exact) mass is 409 g/mol. The Hall–Kier alpha value is -2.17. The minimum Gasteiger partial charge on any atom is -0.489 e. The summed E-state index contributed by atoms with van der Waals surface area (Å²) in [7, 11) is -1.19. The minimum atomic E-state index is -1.19. The zero-order valence-electron chi connectivity index (χ0n) is 17.6. The third kappa shape index (κ3) is 5.68. The van der Waals surface area contributed by atoms with Crippen molar-refractivity contribution in [3.05, 3.63) is 77.9 Å². The van der Waals surface area contributed by atoms with Gasteiger partial charge in [0.2, 0.25) is 0 Å². The molecule has 29 heavy (non-hydrogen) atoms. The van der Waals surface area contributed by atoms with Gasteiger partial charge in [-0.05, 0) is 68.5 Å². The van der Waals surface area contributed by atoms with Crippen LogP contribution in [0, 0.1) is 0 Å². The highest BCUT2D eigenvalue weighted by Crippen LogP contribution is 2.31. The Kier molecular flexibility index (Phi) is 7.84. The van der Waals surface area contributed by atoms with Crippen molar-refractivity contribution in [2.45, 2.75) is 62.0 Å². The molecular weight excluding hydrogens is 378 g/mol. The molecule has 3 rings (SSSR count). The molecule has 1 aliphatic heterocycles. The van der Waals surface area contributed by atoms with Crippen LogP contribution in [0.5, 0.6) is 5.75 Å². The first kappa shape index (κ1) is 21.5. The van der Waals surface area contributed by atoms with E-state index in [1.54, 1.807) is 0 Å². The Labute approximate surface area is 177 Å². The van der Waals surface area contributed by atoms with Crippen molar-refractivity contribution in [3.63, 3.8) is 0 Å². The van der Waals surface area contributed by atoms with Crippen molar-refractivity contribution in [2.24, 2.45) is 0 Å². The molecule has 1 aliphatic rings. The van der Waals surface area contributed by atoms with Gasteiger partial charge in [-0.1, -0.05) is 49.4 Å². The molecule has 0 radical (unpaired) electrons. The number of nitrogens with one attached hydrogen (secondary N) is 1. The summed E-state index contributed by atoms with van der Waals surface area (Å²) in [4.78, 5) is 1.60. The number of ether oxygens (including phenoxy) is 1. The van der Waals surface area contributed by atoms with Crippen LogP contribution in [0.2, 0.25) is 0 Å². The molecular formula is C25H31NO2S. The number of aryl methyl sites for hydroxylation is 1.